The lowest BCUT2D eigenvalue weighted by atomic mass is 9.81. The molecule has 2 heterocycles. The smallest absolute Gasteiger partial charge is 0.272 e. The molecule has 0 atom stereocenters. The first-order chi connectivity index (χ1) is 19.7. The minimum absolute atomic E-state index is 0.0272. The Morgan fingerprint density at radius 2 is 0.905 bits per heavy atom. The molecule has 0 aromatic rings. The summed E-state index contributed by atoms with van der Waals surface area (Å²) in [5.74, 6) is 0. The number of unbranched alkanes of at least 4 members (excludes halogenated alkanes) is 12. The SMILES string of the molecule is CCCCCCCCC=CCCCCCCCCOC(OC1CC(C)(C)NC(C)(C)C1)OC1CC(C)(C)NC(C)(C)C1. The Morgan fingerprint density at radius 3 is 1.31 bits per heavy atom. The van der Waals surface area contributed by atoms with Crippen LogP contribution in [0.1, 0.15) is 178 Å². The number of rotatable bonds is 21. The standard InChI is InChI=1S/C37H72N2O3/c1-10-11-12-13-14-15-16-17-18-19-20-21-22-23-24-25-26-40-33(41-31-27-34(2,3)38-35(4,5)28-31)42-32-29-36(6,7)39-37(8,9)30-32/h17-18,31-33,38-39H,10-16,19-30H2,1-9H3. The van der Waals surface area contributed by atoms with Crippen LogP contribution in [0.3, 0.4) is 0 Å². The van der Waals surface area contributed by atoms with Crippen LogP contribution in [0.4, 0.5) is 0 Å². The summed E-state index contributed by atoms with van der Waals surface area (Å²) in [7, 11) is 0. The first kappa shape index (κ1) is 37.7. The van der Waals surface area contributed by atoms with Gasteiger partial charge in [0.1, 0.15) is 0 Å². The van der Waals surface area contributed by atoms with E-state index in [4.69, 9.17) is 14.2 Å². The summed E-state index contributed by atoms with van der Waals surface area (Å²) in [4.78, 5) is 0. The highest BCUT2D eigenvalue weighted by Crippen LogP contribution is 2.34. The molecule has 0 aliphatic carbocycles. The third-order valence-electron chi connectivity index (χ3n) is 8.82. The molecular formula is C37H72N2O3. The summed E-state index contributed by atoms with van der Waals surface area (Å²) >= 11 is 0. The number of ether oxygens (including phenoxy) is 3. The van der Waals surface area contributed by atoms with Crippen LogP contribution in [0.5, 0.6) is 0 Å². The summed E-state index contributed by atoms with van der Waals surface area (Å²) < 4.78 is 19.6. The maximum atomic E-state index is 6.62. The highest BCUT2D eigenvalue weighted by Gasteiger charge is 2.42. The van der Waals surface area contributed by atoms with Gasteiger partial charge in [0.15, 0.2) is 0 Å². The Morgan fingerprint density at radius 1 is 0.548 bits per heavy atom. The predicted octanol–water partition coefficient (Wildman–Crippen LogP) is 9.98. The second-order valence-corrected chi connectivity index (χ2v) is 16.2. The highest BCUT2D eigenvalue weighted by molar-refractivity contribution is 4.99. The molecule has 0 radical (unpaired) electrons. The van der Waals surface area contributed by atoms with Crippen molar-refractivity contribution in [3.8, 4) is 0 Å². The molecule has 0 saturated carbocycles. The van der Waals surface area contributed by atoms with Crippen LogP contribution >= 0.6 is 0 Å². The van der Waals surface area contributed by atoms with E-state index in [2.05, 4.69) is 85.1 Å². The molecule has 5 nitrogen and oxygen atoms in total. The van der Waals surface area contributed by atoms with Crippen LogP contribution in [0.15, 0.2) is 12.2 Å². The second kappa shape index (κ2) is 18.5. The van der Waals surface area contributed by atoms with Gasteiger partial charge in [-0.1, -0.05) is 76.9 Å². The van der Waals surface area contributed by atoms with Gasteiger partial charge < -0.3 is 24.8 Å². The van der Waals surface area contributed by atoms with Crippen LogP contribution in [-0.4, -0.2) is 47.4 Å². The number of hydrogen-bond acceptors (Lipinski definition) is 5. The lowest BCUT2D eigenvalue weighted by Crippen LogP contribution is -2.61. The van der Waals surface area contributed by atoms with Gasteiger partial charge >= 0.3 is 0 Å². The fourth-order valence-electron chi connectivity index (χ4n) is 7.60. The van der Waals surface area contributed by atoms with Gasteiger partial charge in [-0.2, -0.15) is 0 Å². The zero-order chi connectivity index (χ0) is 31.1. The molecule has 0 aromatic heterocycles. The third kappa shape index (κ3) is 17.1. The summed E-state index contributed by atoms with van der Waals surface area (Å²) in [6.07, 6.45) is 27.2. The van der Waals surface area contributed by atoms with Crippen molar-refractivity contribution in [1.82, 2.24) is 10.6 Å². The van der Waals surface area contributed by atoms with E-state index >= 15 is 0 Å². The van der Waals surface area contributed by atoms with Crippen molar-refractivity contribution < 1.29 is 14.2 Å². The lowest BCUT2D eigenvalue weighted by molar-refractivity contribution is -0.330. The average Bonchev–Trinajstić information content (AvgIpc) is 2.82. The first-order valence-electron chi connectivity index (χ1n) is 17.9. The summed E-state index contributed by atoms with van der Waals surface area (Å²) in [5, 5.41) is 7.54. The fraction of sp³-hybridized carbons (Fsp3) is 0.946. The molecule has 2 saturated heterocycles. The zero-order valence-corrected chi connectivity index (χ0v) is 29.5. The molecule has 2 rings (SSSR count). The van der Waals surface area contributed by atoms with Gasteiger partial charge in [-0.3, -0.25) is 0 Å². The van der Waals surface area contributed by atoms with E-state index in [0.717, 1.165) is 32.1 Å². The molecule has 5 heteroatoms. The number of allylic oxidation sites excluding steroid dienone is 2. The van der Waals surface area contributed by atoms with Gasteiger partial charge in [0.05, 0.1) is 18.8 Å². The van der Waals surface area contributed by atoms with E-state index < -0.39 is 6.48 Å². The normalized spacial score (nSPS) is 22.3. The van der Waals surface area contributed by atoms with Crippen molar-refractivity contribution >= 4 is 0 Å². The largest absolute Gasteiger partial charge is 0.330 e. The molecule has 2 N–H and O–H groups in total. The Labute approximate surface area is 262 Å². The molecule has 0 amide bonds. The molecule has 248 valence electrons. The van der Waals surface area contributed by atoms with Crippen LogP contribution in [0.25, 0.3) is 0 Å². The minimum Gasteiger partial charge on any atom is -0.330 e. The van der Waals surface area contributed by atoms with Crippen molar-refractivity contribution in [2.75, 3.05) is 6.61 Å². The molecule has 0 spiro atoms. The summed E-state index contributed by atoms with van der Waals surface area (Å²) in [6.45, 7) is 20.5. The van der Waals surface area contributed by atoms with Gasteiger partial charge in [0, 0.05) is 22.2 Å². The number of nitrogens with one attached hydrogen (secondary N) is 2. The monoisotopic (exact) mass is 593 g/mol. The Balaban J connectivity index is 1.69. The topological polar surface area (TPSA) is 51.8 Å². The van der Waals surface area contributed by atoms with Crippen LogP contribution in [0, 0.1) is 0 Å². The van der Waals surface area contributed by atoms with E-state index in [1.54, 1.807) is 0 Å². The molecule has 42 heavy (non-hydrogen) atoms. The van der Waals surface area contributed by atoms with E-state index in [1.165, 1.54) is 83.5 Å². The van der Waals surface area contributed by atoms with Crippen LogP contribution in [-0.2, 0) is 14.2 Å². The second-order valence-electron chi connectivity index (χ2n) is 16.2. The maximum Gasteiger partial charge on any atom is 0.272 e. The molecule has 2 aliphatic rings. The van der Waals surface area contributed by atoms with Gasteiger partial charge in [-0.25, -0.2) is 0 Å². The van der Waals surface area contributed by atoms with Crippen molar-refractivity contribution in [3.63, 3.8) is 0 Å². The maximum absolute atomic E-state index is 6.62. The van der Waals surface area contributed by atoms with Crippen LogP contribution < -0.4 is 10.6 Å². The van der Waals surface area contributed by atoms with E-state index in [9.17, 15) is 0 Å². The molecule has 0 aromatic carbocycles. The fourth-order valence-corrected chi connectivity index (χ4v) is 7.60. The van der Waals surface area contributed by atoms with Crippen LogP contribution in [0.2, 0.25) is 0 Å². The third-order valence-corrected chi connectivity index (χ3v) is 8.82. The Kier molecular flexibility index (Phi) is 16.6. The first-order valence-corrected chi connectivity index (χ1v) is 17.9. The van der Waals surface area contributed by atoms with E-state index in [0.29, 0.717) is 6.61 Å². The van der Waals surface area contributed by atoms with E-state index in [1.807, 2.05) is 0 Å². The van der Waals surface area contributed by atoms with Crippen molar-refractivity contribution in [1.29, 1.82) is 0 Å². The highest BCUT2D eigenvalue weighted by atomic mass is 16.8. The predicted molar refractivity (Wildman–Crippen MR) is 180 cm³/mol. The number of piperidine rings is 2. The van der Waals surface area contributed by atoms with Gasteiger partial charge in [-0.15, -0.1) is 0 Å². The van der Waals surface area contributed by atoms with Gasteiger partial charge in [0.2, 0.25) is 0 Å². The quantitative estimate of drug-likeness (QED) is 0.0789. The lowest BCUT2D eigenvalue weighted by Gasteiger charge is -2.48. The van der Waals surface area contributed by atoms with Crippen molar-refractivity contribution in [2.24, 2.45) is 0 Å². The molecule has 0 bridgehead atoms. The molecule has 2 aliphatic heterocycles. The van der Waals surface area contributed by atoms with Crippen molar-refractivity contribution in [3.05, 3.63) is 12.2 Å². The van der Waals surface area contributed by atoms with Gasteiger partial charge in [0.25, 0.3) is 6.48 Å². The average molecular weight is 593 g/mol. The van der Waals surface area contributed by atoms with Crippen molar-refractivity contribution in [2.45, 2.75) is 219 Å². The van der Waals surface area contributed by atoms with E-state index in [-0.39, 0.29) is 34.4 Å². The Hall–Kier alpha value is -0.460. The Bertz CT molecular complexity index is 673. The summed E-state index contributed by atoms with van der Waals surface area (Å²) in [5.41, 5.74) is 0.109. The summed E-state index contributed by atoms with van der Waals surface area (Å²) in [6, 6.07) is 0. The number of hydrogen-bond donors (Lipinski definition) is 2. The molecular weight excluding hydrogens is 520 g/mol. The van der Waals surface area contributed by atoms with Gasteiger partial charge in [-0.05, 0) is 113 Å². The molecule has 0 unspecified atom stereocenters. The molecule has 2 fully saturated rings. The minimum atomic E-state index is -0.600. The zero-order valence-electron chi connectivity index (χ0n) is 29.5.